The van der Waals surface area contributed by atoms with Gasteiger partial charge in [0.2, 0.25) is 5.91 Å². The summed E-state index contributed by atoms with van der Waals surface area (Å²) < 4.78 is 4.69. The van der Waals surface area contributed by atoms with Gasteiger partial charge in [-0.1, -0.05) is 53.5 Å². The fourth-order valence-electron chi connectivity index (χ4n) is 3.25. The van der Waals surface area contributed by atoms with Crippen molar-refractivity contribution in [3.05, 3.63) is 58.2 Å². The molecule has 0 saturated carbocycles. The molecule has 2 heterocycles. The van der Waals surface area contributed by atoms with E-state index in [1.54, 1.807) is 17.2 Å². The molecule has 0 aliphatic carbocycles. The number of halogens is 2. The van der Waals surface area contributed by atoms with E-state index in [2.05, 4.69) is 10.3 Å². The molecule has 1 aliphatic rings. The highest BCUT2D eigenvalue weighted by atomic mass is 35.5. The second-order valence-electron chi connectivity index (χ2n) is 6.65. The summed E-state index contributed by atoms with van der Waals surface area (Å²) in [5.74, 6) is 0.505. The second-order valence-corrected chi connectivity index (χ2v) is 7.49. The fourth-order valence-corrected chi connectivity index (χ4v) is 3.75. The minimum Gasteiger partial charge on any atom is -0.453 e. The Labute approximate surface area is 179 Å². The molecule has 2 amide bonds. The highest BCUT2D eigenvalue weighted by Crippen LogP contribution is 2.26. The molecular weight excluding hydrogens is 415 g/mol. The summed E-state index contributed by atoms with van der Waals surface area (Å²) in [6, 6.07) is 10.5. The molecule has 0 spiro atoms. The third-order valence-corrected chi connectivity index (χ3v) is 5.22. The minimum absolute atomic E-state index is 0.144. The molecule has 1 aliphatic heterocycles. The lowest BCUT2D eigenvalue weighted by Gasteiger charge is -2.37. The number of aromatic nitrogens is 1. The second kappa shape index (κ2) is 9.80. The van der Waals surface area contributed by atoms with Crippen molar-refractivity contribution >= 4 is 41.0 Å². The summed E-state index contributed by atoms with van der Waals surface area (Å²) in [6.45, 7) is 2.15. The lowest BCUT2D eigenvalue weighted by molar-refractivity contribution is -0.133. The predicted molar refractivity (Wildman–Crippen MR) is 113 cm³/mol. The molecule has 7 nitrogen and oxygen atoms in total. The van der Waals surface area contributed by atoms with Crippen molar-refractivity contribution in [2.24, 2.45) is 0 Å². The number of carbonyl (C=O) groups is 2. The average Bonchev–Trinajstić information content (AvgIpc) is 2.73. The normalized spacial score (nSPS) is 15.0. The Morgan fingerprint density at radius 2 is 1.86 bits per heavy atom. The van der Waals surface area contributed by atoms with Gasteiger partial charge in [0, 0.05) is 38.8 Å². The predicted octanol–water partition coefficient (Wildman–Crippen LogP) is 3.00. The molecule has 2 aromatic rings. The molecule has 1 saturated heterocycles. The van der Waals surface area contributed by atoms with E-state index >= 15 is 0 Å². The Morgan fingerprint density at radius 1 is 1.17 bits per heavy atom. The SMILES string of the molecule is COC(=O)NC(Cc1ccccc1)C(=O)N1CCN(c2ncc(Cl)cc2Cl)CC1. The first kappa shape index (κ1) is 21.2. The van der Waals surface area contributed by atoms with Gasteiger partial charge < -0.3 is 19.9 Å². The Kier molecular flexibility index (Phi) is 7.17. The molecular formula is C20H22Cl2N4O3. The first-order chi connectivity index (χ1) is 14.0. The molecule has 1 unspecified atom stereocenters. The van der Waals surface area contributed by atoms with Crippen LogP contribution in [0.2, 0.25) is 10.0 Å². The van der Waals surface area contributed by atoms with Crippen molar-refractivity contribution < 1.29 is 14.3 Å². The van der Waals surface area contributed by atoms with Crippen LogP contribution in [0.3, 0.4) is 0 Å². The zero-order valence-electron chi connectivity index (χ0n) is 16.0. The quantitative estimate of drug-likeness (QED) is 0.779. The van der Waals surface area contributed by atoms with E-state index in [-0.39, 0.29) is 5.91 Å². The molecule has 154 valence electrons. The number of alkyl carbamates (subject to hydrolysis) is 1. The van der Waals surface area contributed by atoms with Gasteiger partial charge >= 0.3 is 6.09 Å². The molecule has 29 heavy (non-hydrogen) atoms. The zero-order chi connectivity index (χ0) is 20.8. The number of ether oxygens (including phenoxy) is 1. The number of piperazine rings is 1. The van der Waals surface area contributed by atoms with Crippen molar-refractivity contribution in [3.8, 4) is 0 Å². The number of amides is 2. The largest absolute Gasteiger partial charge is 0.453 e. The maximum absolute atomic E-state index is 13.1. The van der Waals surface area contributed by atoms with Crippen LogP contribution >= 0.6 is 23.2 Å². The van der Waals surface area contributed by atoms with Gasteiger partial charge in [0.15, 0.2) is 0 Å². The lowest BCUT2D eigenvalue weighted by Crippen LogP contribution is -2.55. The zero-order valence-corrected chi connectivity index (χ0v) is 17.5. The van der Waals surface area contributed by atoms with Crippen LogP contribution in [0.1, 0.15) is 5.56 Å². The number of hydrogen-bond acceptors (Lipinski definition) is 5. The van der Waals surface area contributed by atoms with Gasteiger partial charge in [-0.25, -0.2) is 9.78 Å². The molecule has 0 radical (unpaired) electrons. The van der Waals surface area contributed by atoms with E-state index in [4.69, 9.17) is 27.9 Å². The first-order valence-electron chi connectivity index (χ1n) is 9.21. The molecule has 1 aromatic carbocycles. The smallest absolute Gasteiger partial charge is 0.407 e. The molecule has 1 atom stereocenters. The van der Waals surface area contributed by atoms with Crippen LogP contribution in [0.15, 0.2) is 42.6 Å². The number of carbonyl (C=O) groups excluding carboxylic acids is 2. The topological polar surface area (TPSA) is 74.8 Å². The van der Waals surface area contributed by atoms with Gasteiger partial charge in [-0.15, -0.1) is 0 Å². The van der Waals surface area contributed by atoms with Crippen LogP contribution in [-0.4, -0.2) is 61.2 Å². The van der Waals surface area contributed by atoms with Crippen molar-refractivity contribution in [1.82, 2.24) is 15.2 Å². The van der Waals surface area contributed by atoms with Crippen molar-refractivity contribution in [2.45, 2.75) is 12.5 Å². The standard InChI is InChI=1S/C20H22Cl2N4O3/c1-29-20(28)24-17(11-14-5-3-2-4-6-14)19(27)26-9-7-25(8-10-26)18-16(22)12-15(21)13-23-18/h2-6,12-13,17H,7-11H2,1H3,(H,24,28). The van der Waals surface area contributed by atoms with Crippen molar-refractivity contribution in [3.63, 3.8) is 0 Å². The maximum atomic E-state index is 13.1. The van der Waals surface area contributed by atoms with Crippen LogP contribution in [0.4, 0.5) is 10.6 Å². The highest BCUT2D eigenvalue weighted by molar-refractivity contribution is 6.36. The fraction of sp³-hybridized carbons (Fsp3) is 0.350. The number of methoxy groups -OCH3 is 1. The Morgan fingerprint density at radius 3 is 2.48 bits per heavy atom. The van der Waals surface area contributed by atoms with Gasteiger partial charge in [-0.05, 0) is 11.6 Å². The summed E-state index contributed by atoms with van der Waals surface area (Å²) in [5, 5.41) is 3.61. The van der Waals surface area contributed by atoms with E-state index in [0.717, 1.165) is 5.56 Å². The number of nitrogens with one attached hydrogen (secondary N) is 1. The molecule has 1 aromatic heterocycles. The van der Waals surface area contributed by atoms with E-state index in [1.165, 1.54) is 7.11 Å². The van der Waals surface area contributed by atoms with Crippen molar-refractivity contribution in [2.75, 3.05) is 38.2 Å². The summed E-state index contributed by atoms with van der Waals surface area (Å²) in [6.07, 6.45) is 1.31. The minimum atomic E-state index is -0.700. The van der Waals surface area contributed by atoms with Crippen LogP contribution < -0.4 is 10.2 Å². The number of hydrogen-bond donors (Lipinski definition) is 1. The molecule has 1 fully saturated rings. The number of pyridine rings is 1. The third kappa shape index (κ3) is 5.52. The Balaban J connectivity index is 1.66. The molecule has 0 bridgehead atoms. The number of anilines is 1. The monoisotopic (exact) mass is 436 g/mol. The summed E-state index contributed by atoms with van der Waals surface area (Å²) >= 11 is 12.2. The van der Waals surface area contributed by atoms with E-state index in [9.17, 15) is 9.59 Å². The average molecular weight is 437 g/mol. The van der Waals surface area contributed by atoms with Gasteiger partial charge in [0.05, 0.1) is 17.2 Å². The third-order valence-electron chi connectivity index (χ3n) is 4.74. The summed E-state index contributed by atoms with van der Waals surface area (Å²) in [5.41, 5.74) is 0.957. The van der Waals surface area contributed by atoms with Crippen LogP contribution in [0.5, 0.6) is 0 Å². The highest BCUT2D eigenvalue weighted by Gasteiger charge is 2.30. The molecule has 1 N–H and O–H groups in total. The number of benzene rings is 1. The van der Waals surface area contributed by atoms with Gasteiger partial charge in [0.1, 0.15) is 11.9 Å². The van der Waals surface area contributed by atoms with Crippen LogP contribution in [0, 0.1) is 0 Å². The summed E-state index contributed by atoms with van der Waals surface area (Å²) in [7, 11) is 1.28. The lowest BCUT2D eigenvalue weighted by atomic mass is 10.0. The van der Waals surface area contributed by atoms with E-state index in [1.807, 2.05) is 35.2 Å². The van der Waals surface area contributed by atoms with Gasteiger partial charge in [-0.2, -0.15) is 0 Å². The van der Waals surface area contributed by atoms with Gasteiger partial charge in [0.25, 0.3) is 0 Å². The maximum Gasteiger partial charge on any atom is 0.407 e. The first-order valence-corrected chi connectivity index (χ1v) is 9.96. The number of nitrogens with zero attached hydrogens (tertiary/aromatic N) is 3. The van der Waals surface area contributed by atoms with E-state index in [0.29, 0.717) is 48.5 Å². The Hall–Kier alpha value is -2.51. The van der Waals surface area contributed by atoms with E-state index < -0.39 is 12.1 Å². The Bertz CT molecular complexity index is 858. The van der Waals surface area contributed by atoms with Crippen molar-refractivity contribution in [1.29, 1.82) is 0 Å². The van der Waals surface area contributed by atoms with Crippen LogP contribution in [0.25, 0.3) is 0 Å². The van der Waals surface area contributed by atoms with Crippen LogP contribution in [-0.2, 0) is 16.0 Å². The molecule has 9 heteroatoms. The summed E-state index contributed by atoms with van der Waals surface area (Å²) in [4.78, 5) is 32.9. The number of rotatable bonds is 5. The van der Waals surface area contributed by atoms with Gasteiger partial charge in [-0.3, -0.25) is 4.79 Å². The molecule has 3 rings (SSSR count).